The Kier molecular flexibility index (Phi) is 5.85. The van der Waals surface area contributed by atoms with E-state index in [4.69, 9.17) is 0 Å². The summed E-state index contributed by atoms with van der Waals surface area (Å²) >= 11 is 0. The quantitative estimate of drug-likeness (QED) is 0.621. The molecule has 2 rings (SSSR count). The number of benzene rings is 2. The predicted molar refractivity (Wildman–Crippen MR) is 85.7 cm³/mol. The van der Waals surface area contributed by atoms with E-state index in [1.807, 2.05) is 0 Å². The molecule has 1 atom stereocenters. The average molecular weight is 331 g/mol. The summed E-state index contributed by atoms with van der Waals surface area (Å²) in [5, 5.41) is 0. The molecule has 2 aromatic rings. The van der Waals surface area contributed by atoms with Crippen molar-refractivity contribution < 1.29 is 24.0 Å². The van der Waals surface area contributed by atoms with Gasteiger partial charge in [0.05, 0.1) is 25.3 Å². The molecule has 0 N–H and O–H groups in total. The number of ether oxygens (including phenoxy) is 2. The number of carbonyl (C=O) groups is 2. The van der Waals surface area contributed by atoms with Gasteiger partial charge in [-0.2, -0.15) is 0 Å². The highest BCUT2D eigenvalue weighted by Gasteiger charge is 2.13. The van der Waals surface area contributed by atoms with Crippen LogP contribution in [0.25, 0.3) is 0 Å². The molecule has 0 radical (unpaired) electrons. The largest absolute Gasteiger partial charge is 0.831 e. The molecule has 5 nitrogen and oxygen atoms in total. The molecule has 0 spiro atoms. The van der Waals surface area contributed by atoms with Crippen LogP contribution in [0.2, 0.25) is 0 Å². The number of hydrogen-bond donors (Lipinski definition) is 0. The number of rotatable bonds is 5. The molecule has 23 heavy (non-hydrogen) atoms. The Morgan fingerprint density at radius 3 is 1.43 bits per heavy atom. The van der Waals surface area contributed by atoms with E-state index in [-0.39, 0.29) is 5.66 Å². The second-order valence-corrected chi connectivity index (χ2v) is 5.59. The molecule has 0 saturated carbocycles. The van der Waals surface area contributed by atoms with Crippen LogP contribution in [0.1, 0.15) is 37.5 Å². The summed E-state index contributed by atoms with van der Waals surface area (Å²) in [4.78, 5) is 34.5. The summed E-state index contributed by atoms with van der Waals surface area (Å²) in [7, 11) is 2.05. The van der Waals surface area contributed by atoms with Gasteiger partial charge in [-0.1, -0.05) is 24.3 Å². The highest BCUT2D eigenvalue weighted by atomic mass is 31.1. The van der Waals surface area contributed by atoms with E-state index in [0.29, 0.717) is 11.1 Å². The fourth-order valence-electron chi connectivity index (χ4n) is 2.19. The third-order valence-electron chi connectivity index (χ3n) is 3.45. The summed E-state index contributed by atoms with van der Waals surface area (Å²) < 4.78 is 9.30. The van der Waals surface area contributed by atoms with Gasteiger partial charge in [0.15, 0.2) is 0 Å². The Morgan fingerprint density at radius 2 is 1.17 bits per heavy atom. The van der Waals surface area contributed by atoms with Crippen LogP contribution >= 0.6 is 8.81 Å². The molecule has 1 unspecified atom stereocenters. The molecule has 0 bridgehead atoms. The first-order chi connectivity index (χ1) is 11.1. The third kappa shape index (κ3) is 3.95. The minimum atomic E-state index is -0.595. The molecule has 0 aliphatic carbocycles. The average Bonchev–Trinajstić information content (AvgIpc) is 2.62. The van der Waals surface area contributed by atoms with Gasteiger partial charge in [0.1, 0.15) is 0 Å². The lowest BCUT2D eigenvalue weighted by molar-refractivity contribution is -0.151. The topological polar surface area (TPSA) is 75.7 Å². The van der Waals surface area contributed by atoms with Gasteiger partial charge < -0.3 is 14.4 Å². The maximum Gasteiger partial charge on any atom is 0.337 e. The predicted octanol–water partition coefficient (Wildman–Crippen LogP) is 2.30. The lowest BCUT2D eigenvalue weighted by Crippen LogP contribution is -2.05. The fourth-order valence-corrected chi connectivity index (χ4v) is 2.84. The number of hydrogen-bond acceptors (Lipinski definition) is 5. The first-order valence-electron chi connectivity index (χ1n) is 6.85. The molecule has 0 aliphatic heterocycles. The van der Waals surface area contributed by atoms with E-state index >= 15 is 0 Å². The van der Waals surface area contributed by atoms with Crippen LogP contribution < -0.4 is 4.89 Å². The van der Waals surface area contributed by atoms with Crippen LogP contribution in [0.3, 0.4) is 0 Å². The molecule has 2 aromatic carbocycles. The SMILES string of the molecule is COC(=O)c1ccc(C(P[O-])c2ccc(C(=O)OC)cc2)cc1. The summed E-state index contributed by atoms with van der Waals surface area (Å²) in [6.45, 7) is 0. The Morgan fingerprint density at radius 1 is 0.826 bits per heavy atom. The first-order valence-corrected chi connectivity index (χ1v) is 7.83. The Bertz CT molecular complexity index is 620. The van der Waals surface area contributed by atoms with E-state index in [1.54, 1.807) is 48.5 Å². The molecular weight excluding hydrogens is 315 g/mol. The Hall–Kier alpha value is -2.23. The van der Waals surface area contributed by atoms with Crippen molar-refractivity contribution in [3.63, 3.8) is 0 Å². The molecule has 0 aliphatic rings. The van der Waals surface area contributed by atoms with Gasteiger partial charge in [-0.05, 0) is 35.4 Å². The van der Waals surface area contributed by atoms with Crippen molar-refractivity contribution >= 4 is 20.7 Å². The second kappa shape index (κ2) is 7.86. The van der Waals surface area contributed by atoms with Crippen molar-refractivity contribution in [2.45, 2.75) is 5.66 Å². The molecule has 6 heteroatoms. The lowest BCUT2D eigenvalue weighted by Gasteiger charge is -2.22. The zero-order valence-electron chi connectivity index (χ0n) is 12.7. The van der Waals surface area contributed by atoms with E-state index in [1.165, 1.54) is 14.2 Å². The van der Waals surface area contributed by atoms with Crippen molar-refractivity contribution in [3.8, 4) is 0 Å². The van der Waals surface area contributed by atoms with E-state index < -0.39 is 20.7 Å². The smallest absolute Gasteiger partial charge is 0.337 e. The minimum absolute atomic E-state index is 0.326. The van der Waals surface area contributed by atoms with Crippen LogP contribution in [-0.2, 0) is 9.47 Å². The fraction of sp³-hybridized carbons (Fsp3) is 0.176. The van der Waals surface area contributed by atoms with E-state index in [2.05, 4.69) is 9.47 Å². The maximum atomic E-state index is 11.6. The summed E-state index contributed by atoms with van der Waals surface area (Å²) in [5.74, 6) is -0.833. The number of esters is 2. The summed E-state index contributed by atoms with van der Waals surface area (Å²) in [6.07, 6.45) is 0. The van der Waals surface area contributed by atoms with Crippen molar-refractivity contribution in [1.29, 1.82) is 0 Å². The van der Waals surface area contributed by atoms with E-state index in [0.717, 1.165) is 11.1 Å². The lowest BCUT2D eigenvalue weighted by atomic mass is 10.0. The van der Waals surface area contributed by atoms with Crippen LogP contribution in [0.15, 0.2) is 48.5 Å². The van der Waals surface area contributed by atoms with Gasteiger partial charge in [-0.3, -0.25) is 0 Å². The molecule has 0 saturated heterocycles. The normalized spacial score (nSPS) is 11.0. The molecule has 0 amide bonds. The van der Waals surface area contributed by atoms with Gasteiger partial charge in [0.25, 0.3) is 0 Å². The minimum Gasteiger partial charge on any atom is -0.831 e. The summed E-state index contributed by atoms with van der Waals surface area (Å²) in [6, 6.07) is 13.5. The second-order valence-electron chi connectivity index (χ2n) is 4.78. The van der Waals surface area contributed by atoms with Crippen molar-refractivity contribution in [1.82, 2.24) is 0 Å². The highest BCUT2D eigenvalue weighted by Crippen LogP contribution is 2.36. The van der Waals surface area contributed by atoms with Gasteiger partial charge in [0.2, 0.25) is 0 Å². The van der Waals surface area contributed by atoms with Gasteiger partial charge in [-0.15, -0.1) is 0 Å². The van der Waals surface area contributed by atoms with E-state index in [9.17, 15) is 14.5 Å². The molecule has 120 valence electrons. The van der Waals surface area contributed by atoms with Crippen molar-refractivity contribution in [2.24, 2.45) is 0 Å². The van der Waals surface area contributed by atoms with Gasteiger partial charge in [0, 0.05) is 5.66 Å². The van der Waals surface area contributed by atoms with Crippen LogP contribution in [-0.4, -0.2) is 26.2 Å². The third-order valence-corrected chi connectivity index (χ3v) is 4.35. The zero-order chi connectivity index (χ0) is 16.8. The monoisotopic (exact) mass is 331 g/mol. The Labute approximate surface area is 136 Å². The molecule has 0 aromatic heterocycles. The maximum absolute atomic E-state index is 11.6. The van der Waals surface area contributed by atoms with Crippen LogP contribution in [0.4, 0.5) is 0 Å². The van der Waals surface area contributed by atoms with Crippen molar-refractivity contribution in [2.75, 3.05) is 14.2 Å². The molecule has 0 fully saturated rings. The first kappa shape index (κ1) is 17.1. The summed E-state index contributed by atoms with van der Waals surface area (Å²) in [5.41, 5.74) is 2.18. The van der Waals surface area contributed by atoms with Crippen LogP contribution in [0, 0.1) is 0 Å². The Balaban J connectivity index is 2.25. The number of methoxy groups -OCH3 is 2. The zero-order valence-corrected chi connectivity index (χ0v) is 13.7. The highest BCUT2D eigenvalue weighted by molar-refractivity contribution is 7.30. The standard InChI is InChI=1S/C17H16O5P/c1-21-16(18)13-7-3-11(4-8-13)15(23-20)12-5-9-14(10-6-12)17(19)22-2/h3-10,15,23H,1-2H3/q-1. The number of carbonyl (C=O) groups excluding carboxylic acids is 2. The van der Waals surface area contributed by atoms with Gasteiger partial charge >= 0.3 is 11.9 Å². The van der Waals surface area contributed by atoms with Crippen LogP contribution in [0.5, 0.6) is 0 Å². The molecule has 0 heterocycles. The molecular formula is C17H16O5P-. The van der Waals surface area contributed by atoms with Crippen molar-refractivity contribution in [3.05, 3.63) is 70.8 Å². The van der Waals surface area contributed by atoms with Gasteiger partial charge in [-0.25, -0.2) is 18.4 Å².